The van der Waals surface area contributed by atoms with Crippen molar-refractivity contribution in [3.8, 4) is 0 Å². The summed E-state index contributed by atoms with van der Waals surface area (Å²) in [7, 11) is -2.16. The molecule has 2 N–H and O–H groups in total. The number of hydrogen-bond donors (Lipinski definition) is 2. The third kappa shape index (κ3) is 8.35. The van der Waals surface area contributed by atoms with Gasteiger partial charge in [0.05, 0.1) is 18.4 Å². The topological polar surface area (TPSA) is 105 Å². The molecule has 2 rings (SSSR count). The number of carbonyl (C=O) groups excluding carboxylic acids is 2. The number of amides is 2. The third-order valence-electron chi connectivity index (χ3n) is 6.71. The van der Waals surface area contributed by atoms with Crippen LogP contribution >= 0.6 is 0 Å². The standard InChI is InChI=1S/C26H42N2O6Si/c1-25(2,3)33-24(32)28-17-19(34-35(7,8)26(4,5)6)14-21(28)20(15-22(29)30)23(31)27-16-18-12-10-9-11-13-18/h9-13,19-21H,14-17H2,1-8H3,(H,27,31)(H,29,30)/t19-,20?,21+/m1/s1. The average molecular weight is 507 g/mol. The van der Waals surface area contributed by atoms with Crippen LogP contribution in [0.5, 0.6) is 0 Å². The van der Waals surface area contributed by atoms with Crippen molar-refractivity contribution in [3.63, 3.8) is 0 Å². The Morgan fingerprint density at radius 1 is 1.11 bits per heavy atom. The fourth-order valence-corrected chi connectivity index (χ4v) is 5.28. The Morgan fingerprint density at radius 2 is 1.71 bits per heavy atom. The van der Waals surface area contributed by atoms with Crippen molar-refractivity contribution >= 4 is 26.3 Å². The van der Waals surface area contributed by atoms with Gasteiger partial charge in [-0.3, -0.25) is 9.59 Å². The van der Waals surface area contributed by atoms with Crippen molar-refractivity contribution < 1.29 is 28.7 Å². The summed E-state index contributed by atoms with van der Waals surface area (Å²) in [4.78, 5) is 39.7. The van der Waals surface area contributed by atoms with Crippen LogP contribution in [0.3, 0.4) is 0 Å². The normalized spacial score (nSPS) is 19.8. The number of carboxylic acid groups (broad SMARTS) is 1. The number of ether oxygens (including phenoxy) is 1. The zero-order valence-corrected chi connectivity index (χ0v) is 23.4. The first kappa shape index (κ1) is 28.8. The predicted octanol–water partition coefficient (Wildman–Crippen LogP) is 4.79. The molecule has 3 atom stereocenters. The summed E-state index contributed by atoms with van der Waals surface area (Å²) in [5.41, 5.74) is 0.183. The zero-order valence-electron chi connectivity index (χ0n) is 22.4. The molecule has 1 fully saturated rings. The van der Waals surface area contributed by atoms with Gasteiger partial charge in [-0.15, -0.1) is 0 Å². The summed E-state index contributed by atoms with van der Waals surface area (Å²) in [6, 6.07) is 8.76. The van der Waals surface area contributed by atoms with E-state index in [0.29, 0.717) is 6.42 Å². The smallest absolute Gasteiger partial charge is 0.410 e. The Hall–Kier alpha value is -2.39. The number of hydrogen-bond acceptors (Lipinski definition) is 5. The highest BCUT2D eigenvalue weighted by molar-refractivity contribution is 6.74. The third-order valence-corrected chi connectivity index (χ3v) is 11.2. The van der Waals surface area contributed by atoms with E-state index in [1.807, 2.05) is 30.3 Å². The van der Waals surface area contributed by atoms with Crippen molar-refractivity contribution in [1.82, 2.24) is 10.2 Å². The number of carbonyl (C=O) groups is 3. The van der Waals surface area contributed by atoms with Gasteiger partial charge in [-0.2, -0.15) is 0 Å². The van der Waals surface area contributed by atoms with Gasteiger partial charge in [-0.1, -0.05) is 51.1 Å². The Morgan fingerprint density at radius 3 is 2.23 bits per heavy atom. The molecule has 2 amide bonds. The molecule has 0 spiro atoms. The quantitative estimate of drug-likeness (QED) is 0.491. The SMILES string of the molecule is CC(C)(C)OC(=O)N1C[C@H](O[Si](C)(C)C(C)(C)C)C[C@H]1C(CC(=O)O)C(=O)NCc1ccccc1. The van der Waals surface area contributed by atoms with Gasteiger partial charge >= 0.3 is 12.1 Å². The van der Waals surface area contributed by atoms with Crippen LogP contribution in [0.4, 0.5) is 4.79 Å². The minimum Gasteiger partial charge on any atom is -0.481 e. The Bertz CT molecular complexity index is 891. The monoisotopic (exact) mass is 506 g/mol. The van der Waals surface area contributed by atoms with E-state index in [4.69, 9.17) is 9.16 Å². The lowest BCUT2D eigenvalue weighted by molar-refractivity contribution is -0.142. The molecule has 1 aromatic rings. The van der Waals surface area contributed by atoms with Gasteiger partial charge in [0.1, 0.15) is 5.60 Å². The van der Waals surface area contributed by atoms with Crippen molar-refractivity contribution in [3.05, 3.63) is 35.9 Å². The molecule has 1 aliphatic rings. The second kappa shape index (κ2) is 11.1. The van der Waals surface area contributed by atoms with Gasteiger partial charge < -0.3 is 24.5 Å². The Kier molecular flexibility index (Phi) is 9.16. The maximum absolute atomic E-state index is 13.3. The second-order valence-electron chi connectivity index (χ2n) is 11.8. The number of nitrogens with zero attached hydrogens (tertiary/aromatic N) is 1. The van der Waals surface area contributed by atoms with Crippen molar-refractivity contribution in [2.24, 2.45) is 5.92 Å². The van der Waals surface area contributed by atoms with Crippen LogP contribution < -0.4 is 5.32 Å². The molecule has 0 aromatic heterocycles. The van der Waals surface area contributed by atoms with Gasteiger partial charge in [0.2, 0.25) is 5.91 Å². The Labute approximate surface area is 210 Å². The van der Waals surface area contributed by atoms with Crippen LogP contribution in [0.1, 0.15) is 59.9 Å². The molecular weight excluding hydrogens is 464 g/mol. The molecule has 35 heavy (non-hydrogen) atoms. The van der Waals surface area contributed by atoms with Gasteiger partial charge in [0.25, 0.3) is 0 Å². The summed E-state index contributed by atoms with van der Waals surface area (Å²) in [5, 5.41) is 12.4. The molecule has 9 heteroatoms. The first-order valence-electron chi connectivity index (χ1n) is 12.2. The molecule has 0 aliphatic carbocycles. The first-order chi connectivity index (χ1) is 16.0. The fourth-order valence-electron chi connectivity index (χ4n) is 3.92. The predicted molar refractivity (Wildman–Crippen MR) is 137 cm³/mol. The van der Waals surface area contributed by atoms with Crippen molar-refractivity contribution in [1.29, 1.82) is 0 Å². The molecule has 0 bridgehead atoms. The van der Waals surface area contributed by atoms with Crippen molar-refractivity contribution in [2.45, 2.75) is 96.8 Å². The summed E-state index contributed by atoms with van der Waals surface area (Å²) in [6.07, 6.45) is -0.874. The van der Waals surface area contributed by atoms with E-state index in [2.05, 4.69) is 39.2 Å². The van der Waals surface area contributed by atoms with Gasteiger partial charge in [0.15, 0.2) is 8.32 Å². The van der Waals surface area contributed by atoms with Gasteiger partial charge in [-0.25, -0.2) is 4.79 Å². The Balaban J connectivity index is 2.31. The molecule has 196 valence electrons. The van der Waals surface area contributed by atoms with E-state index in [0.717, 1.165) is 5.56 Å². The molecular formula is C26H42N2O6Si. The number of nitrogens with one attached hydrogen (secondary N) is 1. The summed E-state index contributed by atoms with van der Waals surface area (Å²) in [5.74, 6) is -2.43. The molecule has 1 aromatic carbocycles. The molecule has 8 nitrogen and oxygen atoms in total. The fraction of sp³-hybridized carbons (Fsp3) is 0.654. The van der Waals surface area contributed by atoms with Crippen LogP contribution in [0, 0.1) is 5.92 Å². The maximum atomic E-state index is 13.3. The summed E-state index contributed by atoms with van der Waals surface area (Å²) in [6.45, 7) is 16.6. The number of rotatable bonds is 8. The lowest BCUT2D eigenvalue weighted by Gasteiger charge is -2.38. The number of aliphatic carboxylic acids is 1. The number of likely N-dealkylation sites (tertiary alicyclic amines) is 1. The van der Waals surface area contributed by atoms with E-state index in [1.54, 1.807) is 20.8 Å². The molecule has 0 radical (unpaired) electrons. The highest BCUT2D eigenvalue weighted by Gasteiger charge is 2.48. The largest absolute Gasteiger partial charge is 0.481 e. The molecule has 1 aliphatic heterocycles. The first-order valence-corrected chi connectivity index (χ1v) is 15.1. The van der Waals surface area contributed by atoms with Crippen LogP contribution in [0.2, 0.25) is 18.1 Å². The second-order valence-corrected chi connectivity index (χ2v) is 16.6. The van der Waals surface area contributed by atoms with Crippen LogP contribution in [0.15, 0.2) is 30.3 Å². The number of carboxylic acids is 1. The van der Waals surface area contributed by atoms with Crippen LogP contribution in [-0.4, -0.2) is 60.6 Å². The van der Waals surface area contributed by atoms with E-state index in [9.17, 15) is 19.5 Å². The highest BCUT2D eigenvalue weighted by Crippen LogP contribution is 2.40. The molecule has 1 unspecified atom stereocenters. The summed E-state index contributed by atoms with van der Waals surface area (Å²) >= 11 is 0. The zero-order chi connectivity index (χ0) is 26.6. The molecule has 1 heterocycles. The minimum atomic E-state index is -2.16. The van der Waals surface area contributed by atoms with E-state index >= 15 is 0 Å². The lowest BCUT2D eigenvalue weighted by atomic mass is 9.92. The van der Waals surface area contributed by atoms with Crippen molar-refractivity contribution in [2.75, 3.05) is 6.54 Å². The minimum absolute atomic E-state index is 0.0324. The number of benzene rings is 1. The van der Waals surface area contributed by atoms with E-state index in [-0.39, 0.29) is 24.2 Å². The van der Waals surface area contributed by atoms with Crippen LogP contribution in [0.25, 0.3) is 0 Å². The van der Waals surface area contributed by atoms with Crippen LogP contribution in [-0.2, 0) is 25.3 Å². The van der Waals surface area contributed by atoms with Gasteiger partial charge in [0, 0.05) is 19.1 Å². The molecule has 0 saturated carbocycles. The average Bonchev–Trinajstić information content (AvgIpc) is 3.11. The van der Waals surface area contributed by atoms with E-state index < -0.39 is 50.3 Å². The van der Waals surface area contributed by atoms with Gasteiger partial charge in [-0.05, 0) is 50.9 Å². The lowest BCUT2D eigenvalue weighted by Crippen LogP contribution is -2.48. The highest BCUT2D eigenvalue weighted by atomic mass is 28.4. The van der Waals surface area contributed by atoms with E-state index in [1.165, 1.54) is 4.90 Å². The molecule has 1 saturated heterocycles. The summed E-state index contributed by atoms with van der Waals surface area (Å²) < 4.78 is 12.2. The maximum Gasteiger partial charge on any atom is 0.410 e.